The lowest BCUT2D eigenvalue weighted by Crippen LogP contribution is -1.87. The number of nitrogen functional groups attached to an aromatic ring is 1. The molecule has 0 aliphatic carbocycles. The number of pyridine rings is 1. The van der Waals surface area contributed by atoms with Crippen molar-refractivity contribution in [1.29, 1.82) is 0 Å². The van der Waals surface area contributed by atoms with Crippen LogP contribution in [-0.4, -0.2) is 15.1 Å². The molecule has 0 unspecified atom stereocenters. The first-order chi connectivity index (χ1) is 9.22. The number of anilines is 1. The van der Waals surface area contributed by atoms with Gasteiger partial charge in [-0.2, -0.15) is 4.98 Å². The van der Waals surface area contributed by atoms with Crippen molar-refractivity contribution in [3.63, 3.8) is 0 Å². The predicted molar refractivity (Wildman–Crippen MR) is 72.1 cm³/mol. The third kappa shape index (κ3) is 2.30. The fourth-order valence-corrected chi connectivity index (χ4v) is 1.77. The third-order valence-electron chi connectivity index (χ3n) is 2.70. The highest BCUT2D eigenvalue weighted by Gasteiger charge is 2.11. The van der Waals surface area contributed by atoms with Crippen molar-refractivity contribution in [2.24, 2.45) is 0 Å². The van der Waals surface area contributed by atoms with Crippen LogP contribution in [0.15, 0.2) is 47.1 Å². The van der Waals surface area contributed by atoms with Crippen LogP contribution in [0.1, 0.15) is 5.56 Å². The summed E-state index contributed by atoms with van der Waals surface area (Å²) >= 11 is 0. The maximum Gasteiger partial charge on any atom is 0.258 e. The van der Waals surface area contributed by atoms with Crippen molar-refractivity contribution in [3.05, 3.63) is 48.2 Å². The van der Waals surface area contributed by atoms with Gasteiger partial charge in [0, 0.05) is 17.4 Å². The van der Waals surface area contributed by atoms with Crippen LogP contribution in [-0.2, 0) is 0 Å². The second-order valence-electron chi connectivity index (χ2n) is 4.27. The summed E-state index contributed by atoms with van der Waals surface area (Å²) in [5.41, 5.74) is 8.98. The van der Waals surface area contributed by atoms with Crippen LogP contribution in [0.3, 0.4) is 0 Å². The van der Waals surface area contributed by atoms with Crippen LogP contribution >= 0.6 is 0 Å². The van der Waals surface area contributed by atoms with E-state index in [1.807, 2.05) is 37.3 Å². The van der Waals surface area contributed by atoms with Crippen molar-refractivity contribution in [2.45, 2.75) is 6.92 Å². The molecule has 0 fully saturated rings. The fourth-order valence-electron chi connectivity index (χ4n) is 1.77. The highest BCUT2D eigenvalue weighted by molar-refractivity contribution is 5.61. The smallest absolute Gasteiger partial charge is 0.258 e. The fraction of sp³-hybridized carbons (Fsp3) is 0.0714. The number of rotatable bonds is 2. The summed E-state index contributed by atoms with van der Waals surface area (Å²) in [6.07, 6.45) is 1.72. The zero-order chi connectivity index (χ0) is 13.2. The van der Waals surface area contributed by atoms with Gasteiger partial charge in [-0.1, -0.05) is 11.2 Å². The summed E-state index contributed by atoms with van der Waals surface area (Å²) in [6.45, 7) is 1.99. The molecule has 0 saturated heterocycles. The number of nitrogens with two attached hydrogens (primary N) is 1. The van der Waals surface area contributed by atoms with Crippen LogP contribution in [0.5, 0.6) is 0 Å². The van der Waals surface area contributed by atoms with E-state index in [9.17, 15) is 0 Å². The highest BCUT2D eigenvalue weighted by Crippen LogP contribution is 2.22. The van der Waals surface area contributed by atoms with E-state index >= 15 is 0 Å². The topological polar surface area (TPSA) is 77.8 Å². The molecule has 0 spiro atoms. The lowest BCUT2D eigenvalue weighted by atomic mass is 10.2. The predicted octanol–water partition coefficient (Wildman–Crippen LogP) is 2.69. The van der Waals surface area contributed by atoms with E-state index in [-0.39, 0.29) is 0 Å². The Morgan fingerprint density at radius 3 is 2.84 bits per heavy atom. The second kappa shape index (κ2) is 4.53. The molecule has 0 bridgehead atoms. The molecule has 3 aromatic rings. The number of benzene rings is 1. The number of nitrogens with zero attached hydrogens (tertiary/aromatic N) is 3. The summed E-state index contributed by atoms with van der Waals surface area (Å²) in [5.74, 6) is 0.909. The van der Waals surface area contributed by atoms with Gasteiger partial charge in [-0.3, -0.25) is 4.98 Å². The normalized spacial score (nSPS) is 10.6. The van der Waals surface area contributed by atoms with Crippen LogP contribution < -0.4 is 5.73 Å². The number of hydrogen-bond donors (Lipinski definition) is 1. The van der Waals surface area contributed by atoms with Crippen molar-refractivity contribution in [3.8, 4) is 23.0 Å². The van der Waals surface area contributed by atoms with Gasteiger partial charge in [-0.25, -0.2) is 0 Å². The Morgan fingerprint density at radius 1 is 1.16 bits per heavy atom. The van der Waals surface area contributed by atoms with Gasteiger partial charge in [0.05, 0.1) is 0 Å². The van der Waals surface area contributed by atoms with E-state index in [1.165, 1.54) is 0 Å². The molecule has 94 valence electrons. The van der Waals surface area contributed by atoms with Crippen molar-refractivity contribution in [2.75, 3.05) is 5.73 Å². The van der Waals surface area contributed by atoms with E-state index in [2.05, 4.69) is 15.1 Å². The Hall–Kier alpha value is -2.69. The summed E-state index contributed by atoms with van der Waals surface area (Å²) < 4.78 is 5.24. The monoisotopic (exact) mass is 252 g/mol. The zero-order valence-electron chi connectivity index (χ0n) is 10.4. The third-order valence-corrected chi connectivity index (χ3v) is 2.70. The largest absolute Gasteiger partial charge is 0.399 e. The minimum atomic E-state index is 0.436. The first kappa shape index (κ1) is 11.4. The van der Waals surface area contributed by atoms with Crippen molar-refractivity contribution in [1.82, 2.24) is 15.1 Å². The molecule has 2 heterocycles. The maximum absolute atomic E-state index is 5.73. The number of hydrogen-bond acceptors (Lipinski definition) is 5. The maximum atomic E-state index is 5.73. The summed E-state index contributed by atoms with van der Waals surface area (Å²) in [4.78, 5) is 8.56. The van der Waals surface area contributed by atoms with Gasteiger partial charge in [-0.05, 0) is 42.8 Å². The number of aryl methyl sites for hydroxylation is 1. The Morgan fingerprint density at radius 2 is 2.05 bits per heavy atom. The summed E-state index contributed by atoms with van der Waals surface area (Å²) in [5, 5.41) is 3.94. The van der Waals surface area contributed by atoms with Crippen LogP contribution in [0.25, 0.3) is 23.0 Å². The van der Waals surface area contributed by atoms with Crippen LogP contribution in [0.2, 0.25) is 0 Å². The Bertz CT molecular complexity index is 661. The molecular weight excluding hydrogens is 240 g/mol. The molecule has 5 heteroatoms. The second-order valence-corrected chi connectivity index (χ2v) is 4.27. The van der Waals surface area contributed by atoms with Crippen LogP contribution in [0, 0.1) is 6.92 Å². The van der Waals surface area contributed by atoms with E-state index in [0.29, 0.717) is 23.1 Å². The van der Waals surface area contributed by atoms with E-state index < -0.39 is 0 Å². The Labute approximate surface area is 110 Å². The first-order valence-corrected chi connectivity index (χ1v) is 5.85. The molecular formula is C14H12N4O. The van der Waals surface area contributed by atoms with Gasteiger partial charge in [0.15, 0.2) is 0 Å². The lowest BCUT2D eigenvalue weighted by molar-refractivity contribution is 0.432. The minimum absolute atomic E-state index is 0.436. The van der Waals surface area contributed by atoms with E-state index in [0.717, 1.165) is 11.1 Å². The van der Waals surface area contributed by atoms with E-state index in [4.69, 9.17) is 10.3 Å². The summed E-state index contributed by atoms with van der Waals surface area (Å²) in [7, 11) is 0. The van der Waals surface area contributed by atoms with Gasteiger partial charge >= 0.3 is 0 Å². The molecule has 0 aliphatic heterocycles. The quantitative estimate of drug-likeness (QED) is 0.709. The summed E-state index contributed by atoms with van der Waals surface area (Å²) in [6, 6.07) is 11.1. The Balaban J connectivity index is 2.00. The number of aromatic nitrogens is 3. The Kier molecular flexibility index (Phi) is 2.72. The average Bonchev–Trinajstić information content (AvgIpc) is 2.88. The molecule has 0 amide bonds. The van der Waals surface area contributed by atoms with Crippen molar-refractivity contribution >= 4 is 5.69 Å². The highest BCUT2D eigenvalue weighted by atomic mass is 16.5. The van der Waals surface area contributed by atoms with Gasteiger partial charge in [-0.15, -0.1) is 0 Å². The van der Waals surface area contributed by atoms with Gasteiger partial charge in [0.2, 0.25) is 5.82 Å². The van der Waals surface area contributed by atoms with Gasteiger partial charge in [0.25, 0.3) is 5.89 Å². The average molecular weight is 252 g/mol. The molecule has 1 aromatic carbocycles. The SMILES string of the molecule is Cc1ccnc(-c2noc(-c3cccc(N)c3)n2)c1. The molecule has 2 aromatic heterocycles. The van der Waals surface area contributed by atoms with Crippen molar-refractivity contribution < 1.29 is 4.52 Å². The standard InChI is InChI=1S/C14H12N4O/c1-9-5-6-16-12(7-9)13-17-14(19-18-13)10-3-2-4-11(15)8-10/h2-8H,15H2,1H3. The molecule has 0 radical (unpaired) electrons. The molecule has 0 aliphatic rings. The molecule has 0 saturated carbocycles. The molecule has 2 N–H and O–H groups in total. The molecule has 3 rings (SSSR count). The zero-order valence-corrected chi connectivity index (χ0v) is 10.4. The van der Waals surface area contributed by atoms with E-state index in [1.54, 1.807) is 12.3 Å². The lowest BCUT2D eigenvalue weighted by Gasteiger charge is -1.95. The minimum Gasteiger partial charge on any atom is -0.399 e. The van der Waals surface area contributed by atoms with Gasteiger partial charge < -0.3 is 10.3 Å². The first-order valence-electron chi connectivity index (χ1n) is 5.85. The molecule has 5 nitrogen and oxygen atoms in total. The van der Waals surface area contributed by atoms with Gasteiger partial charge in [0.1, 0.15) is 5.69 Å². The molecule has 0 atom stereocenters. The molecule has 19 heavy (non-hydrogen) atoms. The van der Waals surface area contributed by atoms with Crippen LogP contribution in [0.4, 0.5) is 5.69 Å².